The highest BCUT2D eigenvalue weighted by molar-refractivity contribution is 6.21. The lowest BCUT2D eigenvalue weighted by Gasteiger charge is -2.16. The number of carbonyl (C=O) groups excluding carboxylic acids is 2. The summed E-state index contributed by atoms with van der Waals surface area (Å²) in [7, 11) is 0. The van der Waals surface area contributed by atoms with Crippen LogP contribution in [0.1, 0.15) is 16.7 Å². The molecule has 2 heterocycles. The van der Waals surface area contributed by atoms with Crippen LogP contribution >= 0.6 is 0 Å². The van der Waals surface area contributed by atoms with Crippen molar-refractivity contribution in [2.75, 3.05) is 4.90 Å². The lowest BCUT2D eigenvalue weighted by molar-refractivity contribution is -0.118. The number of urea groups is 1. The second-order valence-corrected chi connectivity index (χ2v) is 6.50. The summed E-state index contributed by atoms with van der Waals surface area (Å²) in [6, 6.07) is 10.0. The second-order valence-electron chi connectivity index (χ2n) is 6.50. The van der Waals surface area contributed by atoms with Crippen molar-refractivity contribution in [1.82, 2.24) is 10.3 Å². The predicted molar refractivity (Wildman–Crippen MR) is 97.7 cm³/mol. The summed E-state index contributed by atoms with van der Waals surface area (Å²) < 4.78 is 13.3. The van der Waals surface area contributed by atoms with Gasteiger partial charge in [-0.3, -0.25) is 4.79 Å². The normalized spacial score (nSPS) is 16.6. The Morgan fingerprint density at radius 1 is 1.22 bits per heavy atom. The standard InChI is InChI=1S/C20H15FN4O2/c1-11-2-3-12(9-22)6-18(11)25-19(26)17(24-20(25)27)7-13-10-23-16-8-14(21)4-5-15(13)16/h2-6,8,10,17,23H,7H2,1H3,(H,24,27). The van der Waals surface area contributed by atoms with E-state index in [-0.39, 0.29) is 18.1 Å². The van der Waals surface area contributed by atoms with Gasteiger partial charge in [0.1, 0.15) is 11.9 Å². The molecule has 27 heavy (non-hydrogen) atoms. The van der Waals surface area contributed by atoms with Gasteiger partial charge in [-0.25, -0.2) is 14.1 Å². The Balaban J connectivity index is 1.64. The number of halogens is 1. The molecule has 3 aromatic rings. The third kappa shape index (κ3) is 2.81. The Morgan fingerprint density at radius 3 is 2.81 bits per heavy atom. The number of amides is 3. The number of rotatable bonds is 3. The maximum Gasteiger partial charge on any atom is 0.329 e. The number of hydrogen-bond donors (Lipinski definition) is 2. The van der Waals surface area contributed by atoms with Crippen LogP contribution < -0.4 is 10.2 Å². The largest absolute Gasteiger partial charge is 0.361 e. The van der Waals surface area contributed by atoms with Crippen LogP contribution in [0.5, 0.6) is 0 Å². The molecule has 1 saturated heterocycles. The molecule has 2 aromatic carbocycles. The summed E-state index contributed by atoms with van der Waals surface area (Å²) >= 11 is 0. The highest BCUT2D eigenvalue weighted by Crippen LogP contribution is 2.27. The quantitative estimate of drug-likeness (QED) is 0.702. The number of aromatic nitrogens is 1. The third-order valence-corrected chi connectivity index (χ3v) is 4.75. The fourth-order valence-corrected chi connectivity index (χ4v) is 3.36. The first-order valence-corrected chi connectivity index (χ1v) is 8.38. The Hall–Kier alpha value is -3.66. The zero-order chi connectivity index (χ0) is 19.1. The molecule has 1 aromatic heterocycles. The fraction of sp³-hybridized carbons (Fsp3) is 0.150. The Morgan fingerprint density at radius 2 is 2.04 bits per heavy atom. The fourth-order valence-electron chi connectivity index (χ4n) is 3.36. The van der Waals surface area contributed by atoms with E-state index >= 15 is 0 Å². The van der Waals surface area contributed by atoms with Gasteiger partial charge in [0.2, 0.25) is 0 Å². The molecule has 6 nitrogen and oxygen atoms in total. The van der Waals surface area contributed by atoms with Crippen molar-refractivity contribution in [2.45, 2.75) is 19.4 Å². The molecule has 0 bridgehead atoms. The van der Waals surface area contributed by atoms with Crippen LogP contribution in [0.2, 0.25) is 0 Å². The first kappa shape index (κ1) is 16.8. The summed E-state index contributed by atoms with van der Waals surface area (Å²) in [5.74, 6) is -0.727. The van der Waals surface area contributed by atoms with E-state index in [1.54, 1.807) is 31.3 Å². The van der Waals surface area contributed by atoms with E-state index in [0.29, 0.717) is 16.8 Å². The number of hydrogen-bond acceptors (Lipinski definition) is 3. The van der Waals surface area contributed by atoms with Gasteiger partial charge in [0.25, 0.3) is 5.91 Å². The molecule has 0 radical (unpaired) electrons. The van der Waals surface area contributed by atoms with Gasteiger partial charge in [-0.05, 0) is 48.4 Å². The maximum atomic E-state index is 13.3. The van der Waals surface area contributed by atoms with E-state index in [1.807, 2.05) is 6.07 Å². The lowest BCUT2D eigenvalue weighted by atomic mass is 10.0. The Labute approximate surface area is 154 Å². The van der Waals surface area contributed by atoms with Gasteiger partial charge in [0.15, 0.2) is 0 Å². The summed E-state index contributed by atoms with van der Waals surface area (Å²) in [4.78, 5) is 29.4. The summed E-state index contributed by atoms with van der Waals surface area (Å²) in [5.41, 5.74) is 2.95. The second kappa shape index (κ2) is 6.25. The number of fused-ring (bicyclic) bond motifs is 1. The summed E-state index contributed by atoms with van der Waals surface area (Å²) in [6.45, 7) is 1.78. The van der Waals surface area contributed by atoms with Crippen LogP contribution in [0.3, 0.4) is 0 Å². The molecule has 1 aliphatic rings. The molecule has 4 rings (SSSR count). The van der Waals surface area contributed by atoms with Crippen molar-refractivity contribution in [1.29, 1.82) is 5.26 Å². The molecule has 0 aliphatic carbocycles. The average Bonchev–Trinajstić information content (AvgIpc) is 3.16. The first-order chi connectivity index (χ1) is 13.0. The number of aromatic amines is 1. The topological polar surface area (TPSA) is 89.0 Å². The number of nitrogens with zero attached hydrogens (tertiary/aromatic N) is 2. The molecule has 7 heteroatoms. The highest BCUT2D eigenvalue weighted by Gasteiger charge is 2.40. The van der Waals surface area contributed by atoms with Gasteiger partial charge >= 0.3 is 6.03 Å². The molecule has 1 fully saturated rings. The number of carbonyl (C=O) groups is 2. The monoisotopic (exact) mass is 362 g/mol. The van der Waals surface area contributed by atoms with Crippen LogP contribution in [0.15, 0.2) is 42.6 Å². The third-order valence-electron chi connectivity index (χ3n) is 4.75. The molecule has 1 aliphatic heterocycles. The van der Waals surface area contributed by atoms with E-state index in [4.69, 9.17) is 5.26 Å². The van der Waals surface area contributed by atoms with Gasteiger partial charge in [-0.1, -0.05) is 6.07 Å². The van der Waals surface area contributed by atoms with Crippen molar-refractivity contribution >= 4 is 28.5 Å². The zero-order valence-corrected chi connectivity index (χ0v) is 14.4. The minimum atomic E-state index is -0.730. The molecular formula is C20H15FN4O2. The van der Waals surface area contributed by atoms with E-state index in [1.165, 1.54) is 18.2 Å². The van der Waals surface area contributed by atoms with Gasteiger partial charge < -0.3 is 10.3 Å². The number of aryl methyl sites for hydroxylation is 1. The molecule has 2 N–H and O–H groups in total. The maximum absolute atomic E-state index is 13.3. The summed E-state index contributed by atoms with van der Waals surface area (Å²) in [5, 5.41) is 12.6. The number of anilines is 1. The van der Waals surface area contributed by atoms with Crippen LogP contribution in [0, 0.1) is 24.1 Å². The lowest BCUT2D eigenvalue weighted by Crippen LogP contribution is -2.32. The smallest absolute Gasteiger partial charge is 0.329 e. The molecule has 134 valence electrons. The molecule has 1 atom stereocenters. The van der Waals surface area contributed by atoms with Crippen molar-refractivity contribution in [3.8, 4) is 6.07 Å². The average molecular weight is 362 g/mol. The SMILES string of the molecule is Cc1ccc(C#N)cc1N1C(=O)NC(Cc2c[nH]c3cc(F)ccc23)C1=O. The number of imide groups is 1. The molecule has 3 amide bonds. The van der Waals surface area contributed by atoms with Gasteiger partial charge in [0.05, 0.1) is 17.3 Å². The Bertz CT molecular complexity index is 1130. The van der Waals surface area contributed by atoms with Crippen molar-refractivity contribution in [3.63, 3.8) is 0 Å². The van der Waals surface area contributed by atoms with Crippen LogP contribution in [-0.2, 0) is 11.2 Å². The zero-order valence-electron chi connectivity index (χ0n) is 14.4. The van der Waals surface area contributed by atoms with Gasteiger partial charge in [-0.15, -0.1) is 0 Å². The number of nitrogens with one attached hydrogen (secondary N) is 2. The molecule has 0 spiro atoms. The van der Waals surface area contributed by atoms with Crippen LogP contribution in [0.25, 0.3) is 10.9 Å². The van der Waals surface area contributed by atoms with Crippen molar-refractivity contribution in [2.24, 2.45) is 0 Å². The highest BCUT2D eigenvalue weighted by atomic mass is 19.1. The van der Waals surface area contributed by atoms with E-state index in [2.05, 4.69) is 10.3 Å². The number of benzene rings is 2. The Kier molecular flexibility index (Phi) is 3.89. The van der Waals surface area contributed by atoms with Crippen molar-refractivity contribution in [3.05, 3.63) is 65.1 Å². The minimum absolute atomic E-state index is 0.281. The van der Waals surface area contributed by atoms with Crippen molar-refractivity contribution < 1.29 is 14.0 Å². The molecule has 0 saturated carbocycles. The van der Waals surface area contributed by atoms with Crippen LogP contribution in [0.4, 0.5) is 14.9 Å². The number of H-pyrrole nitrogens is 1. The molecule has 1 unspecified atom stereocenters. The first-order valence-electron chi connectivity index (χ1n) is 8.38. The van der Waals surface area contributed by atoms with E-state index in [0.717, 1.165) is 21.4 Å². The van der Waals surface area contributed by atoms with Gasteiger partial charge in [0, 0.05) is 23.5 Å². The number of nitriles is 1. The van der Waals surface area contributed by atoms with E-state index < -0.39 is 12.1 Å². The van der Waals surface area contributed by atoms with Crippen LogP contribution in [-0.4, -0.2) is 23.0 Å². The minimum Gasteiger partial charge on any atom is -0.361 e. The van der Waals surface area contributed by atoms with Gasteiger partial charge in [-0.2, -0.15) is 5.26 Å². The summed E-state index contributed by atoms with van der Waals surface area (Å²) in [6.07, 6.45) is 2.00. The van der Waals surface area contributed by atoms with E-state index in [9.17, 15) is 14.0 Å². The molecular weight excluding hydrogens is 347 g/mol. The predicted octanol–water partition coefficient (Wildman–Crippen LogP) is 3.15.